The van der Waals surface area contributed by atoms with E-state index in [1.54, 1.807) is 12.3 Å². The zero-order valence-corrected chi connectivity index (χ0v) is 12.0. The second-order valence-corrected chi connectivity index (χ2v) is 5.32. The Hall–Kier alpha value is -2.32. The highest BCUT2D eigenvalue weighted by Crippen LogP contribution is 2.31. The summed E-state index contributed by atoms with van der Waals surface area (Å²) in [7, 11) is 0. The number of aromatic amines is 1. The molecular weight excluding hydrogens is 282 g/mol. The molecule has 0 fully saturated rings. The lowest BCUT2D eigenvalue weighted by atomic mass is 9.86. The number of halogens is 1. The van der Waals surface area contributed by atoms with Gasteiger partial charge in [0.05, 0.1) is 0 Å². The summed E-state index contributed by atoms with van der Waals surface area (Å²) in [5, 5.41) is 0.715. The molecule has 0 aliphatic rings. The third-order valence-electron chi connectivity index (χ3n) is 3.48. The summed E-state index contributed by atoms with van der Waals surface area (Å²) in [6.07, 6.45) is 1.77. The van der Waals surface area contributed by atoms with E-state index in [9.17, 15) is 4.79 Å². The quantitative estimate of drug-likeness (QED) is 0.771. The summed E-state index contributed by atoms with van der Waals surface area (Å²) in [4.78, 5) is 14.0. The zero-order chi connectivity index (χ0) is 14.7. The van der Waals surface area contributed by atoms with Crippen LogP contribution >= 0.6 is 11.6 Å². The predicted molar refractivity (Wildman–Crippen MR) is 85.9 cm³/mol. The first-order chi connectivity index (χ1) is 10.2. The van der Waals surface area contributed by atoms with Crippen molar-refractivity contribution in [1.82, 2.24) is 4.98 Å². The van der Waals surface area contributed by atoms with Crippen LogP contribution in [0, 0.1) is 0 Å². The molecule has 2 aromatic carbocycles. The van der Waals surface area contributed by atoms with E-state index in [0.29, 0.717) is 5.02 Å². The molecule has 0 aliphatic heterocycles. The molecule has 0 aliphatic carbocycles. The Morgan fingerprint density at radius 2 is 1.38 bits per heavy atom. The van der Waals surface area contributed by atoms with Gasteiger partial charge in [-0.1, -0.05) is 60.1 Å². The van der Waals surface area contributed by atoms with Gasteiger partial charge in [-0.15, -0.1) is 0 Å². The van der Waals surface area contributed by atoms with Gasteiger partial charge in [-0.2, -0.15) is 0 Å². The normalized spacial score (nSPS) is 12.0. The standard InChI is InChI=1S/C18H14ClNO/c19-16-9-6-14(7-10-16)18(13-4-2-1-3-5-13)15-8-11-17(21)20-12-15/h1-12,18H,(H,20,21). The lowest BCUT2D eigenvalue weighted by Gasteiger charge is -2.18. The summed E-state index contributed by atoms with van der Waals surface area (Å²) in [6.45, 7) is 0. The molecule has 2 nitrogen and oxygen atoms in total. The molecule has 0 radical (unpaired) electrons. The number of benzene rings is 2. The molecule has 0 amide bonds. The second-order valence-electron chi connectivity index (χ2n) is 4.88. The molecule has 0 saturated carbocycles. The van der Waals surface area contributed by atoms with E-state index >= 15 is 0 Å². The van der Waals surface area contributed by atoms with Crippen LogP contribution in [0.4, 0.5) is 0 Å². The van der Waals surface area contributed by atoms with Crippen LogP contribution in [0.2, 0.25) is 5.02 Å². The number of rotatable bonds is 3. The van der Waals surface area contributed by atoms with Gasteiger partial charge < -0.3 is 4.98 Å². The van der Waals surface area contributed by atoms with Gasteiger partial charge >= 0.3 is 0 Å². The third kappa shape index (κ3) is 3.06. The van der Waals surface area contributed by atoms with E-state index < -0.39 is 0 Å². The Bertz CT molecular complexity index is 758. The fraction of sp³-hybridized carbons (Fsp3) is 0.0556. The minimum atomic E-state index is -0.0957. The van der Waals surface area contributed by atoms with Crippen LogP contribution in [0.5, 0.6) is 0 Å². The van der Waals surface area contributed by atoms with Crippen molar-refractivity contribution in [2.24, 2.45) is 0 Å². The van der Waals surface area contributed by atoms with E-state index in [-0.39, 0.29) is 11.5 Å². The molecule has 1 aromatic heterocycles. The fourth-order valence-corrected chi connectivity index (χ4v) is 2.61. The molecule has 3 rings (SSSR count). The average molecular weight is 296 g/mol. The SMILES string of the molecule is O=c1ccc(C(c2ccccc2)c2ccc(Cl)cc2)c[nH]1. The molecule has 3 aromatic rings. The molecule has 1 atom stereocenters. The topological polar surface area (TPSA) is 32.9 Å². The molecule has 3 heteroatoms. The van der Waals surface area contributed by atoms with Crippen molar-refractivity contribution in [1.29, 1.82) is 0 Å². The van der Waals surface area contributed by atoms with Crippen LogP contribution in [0.3, 0.4) is 0 Å². The Morgan fingerprint density at radius 3 is 2.00 bits per heavy atom. The van der Waals surface area contributed by atoms with Gasteiger partial charge in [0.1, 0.15) is 0 Å². The predicted octanol–water partition coefficient (Wildman–Crippen LogP) is 4.21. The Morgan fingerprint density at radius 1 is 0.762 bits per heavy atom. The van der Waals surface area contributed by atoms with Crippen LogP contribution in [-0.4, -0.2) is 4.98 Å². The van der Waals surface area contributed by atoms with Crippen molar-refractivity contribution in [3.8, 4) is 0 Å². The highest BCUT2D eigenvalue weighted by Gasteiger charge is 2.16. The maximum atomic E-state index is 11.3. The zero-order valence-electron chi connectivity index (χ0n) is 11.3. The number of nitrogens with one attached hydrogen (secondary N) is 1. The number of hydrogen-bond donors (Lipinski definition) is 1. The number of pyridine rings is 1. The Balaban J connectivity index is 2.13. The van der Waals surface area contributed by atoms with Crippen molar-refractivity contribution >= 4 is 11.6 Å². The smallest absolute Gasteiger partial charge is 0.247 e. The molecule has 21 heavy (non-hydrogen) atoms. The van der Waals surface area contributed by atoms with Gasteiger partial charge in [-0.05, 0) is 28.8 Å². The van der Waals surface area contributed by atoms with Crippen molar-refractivity contribution in [2.45, 2.75) is 5.92 Å². The lowest BCUT2D eigenvalue weighted by molar-refractivity contribution is 0.958. The van der Waals surface area contributed by atoms with E-state index in [4.69, 9.17) is 11.6 Å². The minimum Gasteiger partial charge on any atom is -0.329 e. The lowest BCUT2D eigenvalue weighted by Crippen LogP contribution is -2.08. The molecule has 1 N–H and O–H groups in total. The minimum absolute atomic E-state index is 0.0697. The first-order valence-electron chi connectivity index (χ1n) is 6.73. The maximum absolute atomic E-state index is 11.3. The molecule has 104 valence electrons. The first-order valence-corrected chi connectivity index (χ1v) is 7.11. The highest BCUT2D eigenvalue weighted by molar-refractivity contribution is 6.30. The largest absolute Gasteiger partial charge is 0.329 e. The highest BCUT2D eigenvalue weighted by atomic mass is 35.5. The average Bonchev–Trinajstić information content (AvgIpc) is 2.52. The van der Waals surface area contributed by atoms with E-state index in [1.807, 2.05) is 48.5 Å². The van der Waals surface area contributed by atoms with Crippen molar-refractivity contribution < 1.29 is 0 Å². The van der Waals surface area contributed by atoms with E-state index in [2.05, 4.69) is 17.1 Å². The number of hydrogen-bond acceptors (Lipinski definition) is 1. The van der Waals surface area contributed by atoms with Gasteiger partial charge in [0.15, 0.2) is 0 Å². The van der Waals surface area contributed by atoms with Crippen LogP contribution < -0.4 is 5.56 Å². The van der Waals surface area contributed by atoms with Gasteiger partial charge in [0.2, 0.25) is 5.56 Å². The van der Waals surface area contributed by atoms with Crippen molar-refractivity contribution in [3.63, 3.8) is 0 Å². The van der Waals surface area contributed by atoms with Gasteiger partial charge in [-0.3, -0.25) is 4.79 Å². The van der Waals surface area contributed by atoms with Crippen molar-refractivity contribution in [2.75, 3.05) is 0 Å². The monoisotopic (exact) mass is 295 g/mol. The van der Waals surface area contributed by atoms with Gasteiger partial charge in [-0.25, -0.2) is 0 Å². The molecule has 0 saturated heterocycles. The second kappa shape index (κ2) is 5.98. The maximum Gasteiger partial charge on any atom is 0.247 e. The van der Waals surface area contributed by atoms with Gasteiger partial charge in [0, 0.05) is 23.2 Å². The number of aromatic nitrogens is 1. The van der Waals surface area contributed by atoms with E-state index in [1.165, 1.54) is 5.56 Å². The third-order valence-corrected chi connectivity index (χ3v) is 3.73. The molecular formula is C18H14ClNO. The van der Waals surface area contributed by atoms with Crippen LogP contribution in [-0.2, 0) is 0 Å². The Kier molecular flexibility index (Phi) is 3.89. The molecule has 1 unspecified atom stereocenters. The summed E-state index contributed by atoms with van der Waals surface area (Å²) >= 11 is 5.98. The molecule has 0 spiro atoms. The van der Waals surface area contributed by atoms with Crippen LogP contribution in [0.25, 0.3) is 0 Å². The van der Waals surface area contributed by atoms with Gasteiger partial charge in [0.25, 0.3) is 0 Å². The van der Waals surface area contributed by atoms with Crippen LogP contribution in [0.15, 0.2) is 77.7 Å². The molecule has 1 heterocycles. The number of H-pyrrole nitrogens is 1. The fourth-order valence-electron chi connectivity index (χ4n) is 2.48. The molecule has 0 bridgehead atoms. The van der Waals surface area contributed by atoms with Crippen LogP contribution in [0.1, 0.15) is 22.6 Å². The van der Waals surface area contributed by atoms with E-state index in [0.717, 1.165) is 11.1 Å². The summed E-state index contributed by atoms with van der Waals surface area (Å²) in [5.74, 6) is 0.0697. The van der Waals surface area contributed by atoms with Crippen molar-refractivity contribution in [3.05, 3.63) is 105 Å². The summed E-state index contributed by atoms with van der Waals surface area (Å²) < 4.78 is 0. The summed E-state index contributed by atoms with van der Waals surface area (Å²) in [6, 6.07) is 21.4. The summed E-state index contributed by atoms with van der Waals surface area (Å²) in [5.41, 5.74) is 3.26. The first kappa shape index (κ1) is 13.7. The Labute approximate surface area is 128 Å².